The molecule has 2 aromatic rings. The van der Waals surface area contributed by atoms with Crippen LogP contribution in [0.5, 0.6) is 0 Å². The summed E-state index contributed by atoms with van der Waals surface area (Å²) in [6, 6.07) is 10.2. The Morgan fingerprint density at radius 3 is 2.61 bits per heavy atom. The first kappa shape index (κ1) is 18.9. The van der Waals surface area contributed by atoms with Crippen molar-refractivity contribution in [3.8, 4) is 0 Å². The highest BCUT2D eigenvalue weighted by Crippen LogP contribution is 2.41. The molecule has 0 aliphatic carbocycles. The maximum Gasteiger partial charge on any atom is 0.230 e. The van der Waals surface area contributed by atoms with E-state index in [2.05, 4.69) is 39.4 Å². The Morgan fingerprint density at radius 2 is 1.89 bits per heavy atom. The second kappa shape index (κ2) is 8.27. The van der Waals surface area contributed by atoms with Crippen molar-refractivity contribution in [3.63, 3.8) is 0 Å². The van der Waals surface area contributed by atoms with Crippen LogP contribution in [-0.2, 0) is 17.8 Å². The van der Waals surface area contributed by atoms with Crippen molar-refractivity contribution in [3.05, 3.63) is 53.8 Å². The third-order valence-corrected chi connectivity index (χ3v) is 5.93. The summed E-state index contributed by atoms with van der Waals surface area (Å²) in [6.07, 6.45) is 7.74. The van der Waals surface area contributed by atoms with Gasteiger partial charge in [0.05, 0.1) is 6.54 Å². The summed E-state index contributed by atoms with van der Waals surface area (Å²) < 4.78 is 5.63. The molecule has 1 aromatic heterocycles. The summed E-state index contributed by atoms with van der Waals surface area (Å²) >= 11 is 0. The molecule has 2 aliphatic rings. The highest BCUT2D eigenvalue weighted by atomic mass is 16.4. The van der Waals surface area contributed by atoms with Crippen molar-refractivity contribution in [1.29, 1.82) is 0 Å². The third kappa shape index (κ3) is 4.33. The highest BCUT2D eigenvalue weighted by molar-refractivity contribution is 5.79. The number of hydrogen-bond acceptors (Lipinski definition) is 5. The minimum absolute atomic E-state index is 0.136. The highest BCUT2D eigenvalue weighted by Gasteiger charge is 2.44. The third-order valence-electron chi connectivity index (χ3n) is 5.93. The number of benzene rings is 1. The van der Waals surface area contributed by atoms with Crippen molar-refractivity contribution in [2.75, 3.05) is 26.2 Å². The van der Waals surface area contributed by atoms with E-state index in [1.807, 2.05) is 30.0 Å². The predicted molar refractivity (Wildman–Crippen MR) is 107 cm³/mol. The summed E-state index contributed by atoms with van der Waals surface area (Å²) in [5.74, 6) is 1.68. The number of likely N-dealkylation sites (tertiary alicyclic amines) is 2. The lowest BCUT2D eigenvalue weighted by Crippen LogP contribution is -2.41. The Kier molecular flexibility index (Phi) is 5.57. The van der Waals surface area contributed by atoms with E-state index in [1.54, 1.807) is 0 Å². The molecule has 148 valence electrons. The number of piperidine rings is 1. The van der Waals surface area contributed by atoms with E-state index in [1.165, 1.54) is 5.56 Å². The molecule has 1 amide bonds. The molecule has 4 rings (SSSR count). The summed E-state index contributed by atoms with van der Waals surface area (Å²) in [7, 11) is 0. The molecule has 0 unspecified atom stereocenters. The van der Waals surface area contributed by atoms with Crippen LogP contribution in [0.1, 0.15) is 43.5 Å². The molecule has 1 aromatic carbocycles. The van der Waals surface area contributed by atoms with Gasteiger partial charge in [0.15, 0.2) is 0 Å². The average molecular weight is 380 g/mol. The van der Waals surface area contributed by atoms with Gasteiger partial charge in [-0.15, -0.1) is 10.2 Å². The van der Waals surface area contributed by atoms with Gasteiger partial charge < -0.3 is 9.32 Å². The molecule has 2 saturated heterocycles. The van der Waals surface area contributed by atoms with E-state index < -0.39 is 0 Å². The number of rotatable bonds is 6. The van der Waals surface area contributed by atoms with Crippen LogP contribution in [0.3, 0.4) is 0 Å². The van der Waals surface area contributed by atoms with Gasteiger partial charge in [-0.25, -0.2) is 0 Å². The second-order valence-electron chi connectivity index (χ2n) is 7.98. The first-order valence-electron chi connectivity index (χ1n) is 10.2. The van der Waals surface area contributed by atoms with E-state index in [9.17, 15) is 4.79 Å². The Bertz CT molecular complexity index is 822. The smallest absolute Gasteiger partial charge is 0.230 e. The molecule has 2 fully saturated rings. The summed E-state index contributed by atoms with van der Waals surface area (Å²) in [4.78, 5) is 16.9. The molecule has 6 heteroatoms. The molecular formula is C22H28N4O2. The Balaban J connectivity index is 1.28. The quantitative estimate of drug-likeness (QED) is 0.770. The lowest BCUT2D eigenvalue weighted by molar-refractivity contribution is -0.127. The molecule has 1 spiro atoms. The van der Waals surface area contributed by atoms with Gasteiger partial charge in [-0.3, -0.25) is 9.69 Å². The van der Waals surface area contributed by atoms with Gasteiger partial charge in [0.25, 0.3) is 0 Å². The first-order chi connectivity index (χ1) is 13.7. The zero-order valence-electron chi connectivity index (χ0n) is 16.5. The molecule has 0 saturated carbocycles. The fourth-order valence-electron chi connectivity index (χ4n) is 4.23. The lowest BCUT2D eigenvalue weighted by atomic mass is 9.77. The summed E-state index contributed by atoms with van der Waals surface area (Å²) in [6.45, 7) is 6.25. The molecule has 6 nitrogen and oxygen atoms in total. The lowest BCUT2D eigenvalue weighted by Gasteiger charge is -2.38. The van der Waals surface area contributed by atoms with Crippen LogP contribution >= 0.6 is 0 Å². The zero-order valence-corrected chi connectivity index (χ0v) is 16.5. The summed E-state index contributed by atoms with van der Waals surface area (Å²) in [5.41, 5.74) is 1.31. The van der Waals surface area contributed by atoms with E-state index >= 15 is 0 Å². The van der Waals surface area contributed by atoms with Gasteiger partial charge in [0, 0.05) is 25.9 Å². The van der Waals surface area contributed by atoms with Crippen LogP contribution in [0.15, 0.2) is 40.8 Å². The van der Waals surface area contributed by atoms with E-state index in [0.29, 0.717) is 31.3 Å². The van der Waals surface area contributed by atoms with Crippen LogP contribution in [0.4, 0.5) is 0 Å². The molecule has 3 heterocycles. The molecule has 0 N–H and O–H groups in total. The maximum atomic E-state index is 12.5. The van der Waals surface area contributed by atoms with E-state index in [0.717, 1.165) is 38.9 Å². The van der Waals surface area contributed by atoms with Crippen molar-refractivity contribution >= 4 is 12.0 Å². The van der Waals surface area contributed by atoms with Gasteiger partial charge in [-0.2, -0.15) is 0 Å². The normalized spacial score (nSPS) is 19.9. The van der Waals surface area contributed by atoms with Crippen LogP contribution in [0, 0.1) is 5.41 Å². The number of aromatic nitrogens is 2. The largest absolute Gasteiger partial charge is 0.424 e. The molecule has 0 atom stereocenters. The maximum absolute atomic E-state index is 12.5. The van der Waals surface area contributed by atoms with Gasteiger partial charge >= 0.3 is 0 Å². The topological polar surface area (TPSA) is 62.5 Å². The Labute approximate surface area is 166 Å². The second-order valence-corrected chi connectivity index (χ2v) is 7.98. The molecular weight excluding hydrogens is 352 g/mol. The molecule has 0 radical (unpaired) electrons. The van der Waals surface area contributed by atoms with Gasteiger partial charge in [0.1, 0.15) is 0 Å². The van der Waals surface area contributed by atoms with Crippen molar-refractivity contribution in [1.82, 2.24) is 20.0 Å². The number of carbonyl (C=O) groups is 1. The minimum Gasteiger partial charge on any atom is -0.424 e. The minimum atomic E-state index is 0.136. The van der Waals surface area contributed by atoms with E-state index in [-0.39, 0.29) is 11.3 Å². The standard InChI is InChI=1S/C22H28N4O2/c1-2-19-23-24-20(28-19)16-25-13-10-22(11-14-25)15-21(27)26(17-22)12-6-9-18-7-4-3-5-8-18/h3-9H,2,10-17H2,1H3. The Hall–Kier alpha value is -2.47. The van der Waals surface area contributed by atoms with Crippen LogP contribution in [0.2, 0.25) is 0 Å². The molecule has 2 aliphatic heterocycles. The fourth-order valence-corrected chi connectivity index (χ4v) is 4.23. The molecule has 0 bridgehead atoms. The average Bonchev–Trinajstić information content (AvgIpc) is 3.29. The van der Waals surface area contributed by atoms with Crippen molar-refractivity contribution < 1.29 is 9.21 Å². The SMILES string of the molecule is CCc1nnc(CN2CCC3(CC2)CC(=O)N(CC=Cc2ccccc2)C3)o1. The number of carbonyl (C=O) groups excluding carboxylic acids is 1. The van der Waals surface area contributed by atoms with Crippen molar-refractivity contribution in [2.24, 2.45) is 5.41 Å². The van der Waals surface area contributed by atoms with Gasteiger partial charge in [0.2, 0.25) is 17.7 Å². The van der Waals surface area contributed by atoms with Crippen molar-refractivity contribution in [2.45, 2.75) is 39.2 Å². The Morgan fingerprint density at radius 1 is 1.14 bits per heavy atom. The number of amides is 1. The van der Waals surface area contributed by atoms with Gasteiger partial charge in [-0.1, -0.05) is 49.4 Å². The fraction of sp³-hybridized carbons (Fsp3) is 0.500. The van der Waals surface area contributed by atoms with Crippen LogP contribution in [-0.4, -0.2) is 52.1 Å². The molecule has 28 heavy (non-hydrogen) atoms. The van der Waals surface area contributed by atoms with Crippen LogP contribution in [0.25, 0.3) is 6.08 Å². The predicted octanol–water partition coefficient (Wildman–Crippen LogP) is 3.16. The van der Waals surface area contributed by atoms with Gasteiger partial charge in [-0.05, 0) is 36.9 Å². The van der Waals surface area contributed by atoms with E-state index in [4.69, 9.17) is 4.42 Å². The number of hydrogen-bond donors (Lipinski definition) is 0. The van der Waals surface area contributed by atoms with Crippen LogP contribution < -0.4 is 0 Å². The zero-order chi connectivity index (χ0) is 19.4. The number of aryl methyl sites for hydroxylation is 1. The monoisotopic (exact) mass is 380 g/mol. The first-order valence-corrected chi connectivity index (χ1v) is 10.2. The number of nitrogens with zero attached hydrogens (tertiary/aromatic N) is 4. The summed E-state index contributed by atoms with van der Waals surface area (Å²) in [5, 5.41) is 8.16.